The summed E-state index contributed by atoms with van der Waals surface area (Å²) in [6, 6.07) is 4.92. The summed E-state index contributed by atoms with van der Waals surface area (Å²) in [6.45, 7) is 4.94. The number of fused-ring (bicyclic) bond motifs is 1. The van der Waals surface area contributed by atoms with E-state index in [4.69, 9.17) is 4.74 Å². The van der Waals surface area contributed by atoms with Gasteiger partial charge in [0.15, 0.2) is 0 Å². The molecule has 1 heterocycles. The van der Waals surface area contributed by atoms with E-state index in [1.165, 1.54) is 6.07 Å². The van der Waals surface area contributed by atoms with Gasteiger partial charge in [-0.25, -0.2) is 13.1 Å². The molecule has 0 spiro atoms. The van der Waals surface area contributed by atoms with E-state index in [-0.39, 0.29) is 4.90 Å². The van der Waals surface area contributed by atoms with Crippen LogP contribution in [0.25, 0.3) is 0 Å². The van der Waals surface area contributed by atoms with Crippen LogP contribution in [-0.4, -0.2) is 19.9 Å². The van der Waals surface area contributed by atoms with Gasteiger partial charge in [0.2, 0.25) is 5.91 Å². The standard InChI is InChI=1S/C12H15NO4S/c1-8(14)13-18(15,16)10-6-4-5-9-7-12(2,3)17-11(9)10/h4-6H,7H2,1-3H3,(H,13,14). The lowest BCUT2D eigenvalue weighted by atomic mass is 10.0. The number of para-hydroxylation sites is 1. The molecule has 0 bridgehead atoms. The third-order valence-electron chi connectivity index (χ3n) is 2.62. The van der Waals surface area contributed by atoms with Crippen LogP contribution in [0.4, 0.5) is 0 Å². The van der Waals surface area contributed by atoms with Crippen molar-refractivity contribution in [1.82, 2.24) is 4.72 Å². The lowest BCUT2D eigenvalue weighted by Crippen LogP contribution is -2.29. The van der Waals surface area contributed by atoms with Crippen molar-refractivity contribution in [3.05, 3.63) is 23.8 Å². The molecule has 1 aromatic rings. The SMILES string of the molecule is CC(=O)NS(=O)(=O)c1cccc2c1OC(C)(C)C2. The Morgan fingerprint density at radius 2 is 2.06 bits per heavy atom. The van der Waals surface area contributed by atoms with Crippen LogP contribution in [-0.2, 0) is 21.2 Å². The van der Waals surface area contributed by atoms with E-state index in [1.807, 2.05) is 24.6 Å². The first kappa shape index (κ1) is 12.9. The lowest BCUT2D eigenvalue weighted by Gasteiger charge is -2.18. The summed E-state index contributed by atoms with van der Waals surface area (Å²) in [4.78, 5) is 10.9. The summed E-state index contributed by atoms with van der Waals surface area (Å²) in [5, 5.41) is 0. The molecular weight excluding hydrogens is 254 g/mol. The molecule has 0 unspecified atom stereocenters. The molecule has 0 saturated heterocycles. The number of rotatable bonds is 2. The predicted molar refractivity (Wildman–Crippen MR) is 65.9 cm³/mol. The van der Waals surface area contributed by atoms with Crippen LogP contribution in [0, 0.1) is 0 Å². The maximum atomic E-state index is 12.0. The molecule has 1 N–H and O–H groups in total. The molecule has 0 atom stereocenters. The molecule has 0 fully saturated rings. The summed E-state index contributed by atoms with van der Waals surface area (Å²) in [7, 11) is -3.86. The quantitative estimate of drug-likeness (QED) is 0.876. The second-order valence-electron chi connectivity index (χ2n) is 4.94. The smallest absolute Gasteiger partial charge is 0.267 e. The highest BCUT2D eigenvalue weighted by molar-refractivity contribution is 7.90. The van der Waals surface area contributed by atoms with Crippen molar-refractivity contribution >= 4 is 15.9 Å². The fourth-order valence-electron chi connectivity index (χ4n) is 2.04. The van der Waals surface area contributed by atoms with E-state index in [0.717, 1.165) is 12.5 Å². The van der Waals surface area contributed by atoms with Gasteiger partial charge in [-0.05, 0) is 25.5 Å². The number of carbonyl (C=O) groups is 1. The number of carbonyl (C=O) groups excluding carboxylic acids is 1. The number of amides is 1. The van der Waals surface area contributed by atoms with Crippen molar-refractivity contribution in [2.24, 2.45) is 0 Å². The topological polar surface area (TPSA) is 72.5 Å². The third-order valence-corrected chi connectivity index (χ3v) is 4.08. The van der Waals surface area contributed by atoms with Crippen molar-refractivity contribution < 1.29 is 17.9 Å². The molecular formula is C12H15NO4S. The highest BCUT2D eigenvalue weighted by Crippen LogP contribution is 2.39. The van der Waals surface area contributed by atoms with Crippen LogP contribution in [0.5, 0.6) is 5.75 Å². The van der Waals surface area contributed by atoms with Crippen molar-refractivity contribution in [1.29, 1.82) is 0 Å². The largest absolute Gasteiger partial charge is 0.486 e. The summed E-state index contributed by atoms with van der Waals surface area (Å²) in [5.74, 6) is -0.277. The second kappa shape index (κ2) is 3.98. The van der Waals surface area contributed by atoms with E-state index in [9.17, 15) is 13.2 Å². The third kappa shape index (κ3) is 2.33. The number of hydrogen-bond donors (Lipinski definition) is 1. The summed E-state index contributed by atoms with van der Waals surface area (Å²) in [6.07, 6.45) is 0.645. The van der Waals surface area contributed by atoms with Gasteiger partial charge < -0.3 is 4.74 Å². The number of sulfonamides is 1. The fraction of sp³-hybridized carbons (Fsp3) is 0.417. The van der Waals surface area contributed by atoms with E-state index >= 15 is 0 Å². The van der Waals surface area contributed by atoms with Crippen LogP contribution >= 0.6 is 0 Å². The first-order chi connectivity index (χ1) is 8.21. The van der Waals surface area contributed by atoms with Gasteiger partial charge in [-0.2, -0.15) is 0 Å². The van der Waals surface area contributed by atoms with Gasteiger partial charge in [-0.15, -0.1) is 0 Å². The molecule has 98 valence electrons. The van der Waals surface area contributed by atoms with Crippen molar-refractivity contribution in [3.8, 4) is 5.75 Å². The Hall–Kier alpha value is -1.56. The first-order valence-electron chi connectivity index (χ1n) is 5.56. The Balaban J connectivity index is 2.50. The first-order valence-corrected chi connectivity index (χ1v) is 7.04. The second-order valence-corrected chi connectivity index (χ2v) is 6.60. The molecule has 18 heavy (non-hydrogen) atoms. The molecule has 2 rings (SSSR count). The molecule has 0 aromatic heterocycles. The number of ether oxygens (including phenoxy) is 1. The minimum atomic E-state index is -3.86. The number of hydrogen-bond acceptors (Lipinski definition) is 4. The average molecular weight is 269 g/mol. The highest BCUT2D eigenvalue weighted by Gasteiger charge is 2.34. The van der Waals surface area contributed by atoms with Gasteiger partial charge in [-0.1, -0.05) is 12.1 Å². The molecule has 1 aromatic carbocycles. The van der Waals surface area contributed by atoms with Crippen LogP contribution in [0.2, 0.25) is 0 Å². The Kier molecular flexibility index (Phi) is 2.85. The van der Waals surface area contributed by atoms with Crippen LogP contribution in [0.3, 0.4) is 0 Å². The molecule has 0 saturated carbocycles. The minimum absolute atomic E-state index is 0.0146. The maximum Gasteiger partial charge on any atom is 0.267 e. The van der Waals surface area contributed by atoms with Crippen molar-refractivity contribution in [2.45, 2.75) is 37.7 Å². The highest BCUT2D eigenvalue weighted by atomic mass is 32.2. The van der Waals surface area contributed by atoms with E-state index in [0.29, 0.717) is 12.2 Å². The summed E-state index contributed by atoms with van der Waals surface area (Å²) >= 11 is 0. The van der Waals surface area contributed by atoms with Crippen molar-refractivity contribution in [2.75, 3.05) is 0 Å². The molecule has 1 amide bonds. The monoisotopic (exact) mass is 269 g/mol. The van der Waals surface area contributed by atoms with Gasteiger partial charge in [-0.3, -0.25) is 4.79 Å². The van der Waals surface area contributed by atoms with Crippen LogP contribution in [0.15, 0.2) is 23.1 Å². The zero-order chi connectivity index (χ0) is 13.6. The summed E-state index contributed by atoms with van der Waals surface area (Å²) in [5.41, 5.74) is 0.413. The lowest BCUT2D eigenvalue weighted by molar-refractivity contribution is -0.117. The molecule has 6 heteroatoms. The average Bonchev–Trinajstić information content (AvgIpc) is 2.48. The van der Waals surface area contributed by atoms with E-state index < -0.39 is 21.5 Å². The summed E-state index contributed by atoms with van der Waals surface area (Å²) < 4.78 is 31.6. The maximum absolute atomic E-state index is 12.0. The Morgan fingerprint density at radius 3 is 2.67 bits per heavy atom. The van der Waals surface area contributed by atoms with Gasteiger partial charge in [0.05, 0.1) is 0 Å². The van der Waals surface area contributed by atoms with Crippen molar-refractivity contribution in [3.63, 3.8) is 0 Å². The predicted octanol–water partition coefficient (Wildman–Crippen LogP) is 1.22. The van der Waals surface area contributed by atoms with Crippen LogP contribution in [0.1, 0.15) is 26.3 Å². The van der Waals surface area contributed by atoms with E-state index in [1.54, 1.807) is 6.07 Å². The Bertz CT molecular complexity index is 605. The Morgan fingerprint density at radius 1 is 1.39 bits per heavy atom. The zero-order valence-electron chi connectivity index (χ0n) is 10.5. The molecule has 0 aliphatic carbocycles. The van der Waals surface area contributed by atoms with Gasteiger partial charge in [0.25, 0.3) is 10.0 Å². The van der Waals surface area contributed by atoms with Gasteiger partial charge in [0, 0.05) is 13.3 Å². The number of benzene rings is 1. The minimum Gasteiger partial charge on any atom is -0.486 e. The molecule has 1 aliphatic rings. The number of nitrogens with one attached hydrogen (secondary N) is 1. The molecule has 1 aliphatic heterocycles. The van der Waals surface area contributed by atoms with E-state index in [2.05, 4.69) is 0 Å². The normalized spacial score (nSPS) is 16.8. The Labute approximate surface area is 106 Å². The van der Waals surface area contributed by atoms with Gasteiger partial charge >= 0.3 is 0 Å². The van der Waals surface area contributed by atoms with Gasteiger partial charge in [0.1, 0.15) is 16.2 Å². The van der Waals surface area contributed by atoms with Crippen LogP contribution < -0.4 is 9.46 Å². The molecule has 5 nitrogen and oxygen atoms in total. The zero-order valence-corrected chi connectivity index (χ0v) is 11.3. The fourth-order valence-corrected chi connectivity index (χ4v) is 3.21. The molecule has 0 radical (unpaired) electrons.